The Morgan fingerprint density at radius 1 is 1.37 bits per heavy atom. The Bertz CT molecular complexity index is 599. The number of hydrogen-bond acceptors (Lipinski definition) is 3. The first kappa shape index (κ1) is 11.7. The SMILES string of the molecule is Cc1ccncc1NC(=O)C1Cc2ccccc2N1. The molecule has 1 amide bonds. The fourth-order valence-corrected chi connectivity index (χ4v) is 2.27. The third kappa shape index (κ3) is 2.29. The van der Waals surface area contributed by atoms with E-state index in [9.17, 15) is 4.79 Å². The fraction of sp³-hybridized carbons (Fsp3) is 0.200. The number of pyridine rings is 1. The number of nitrogens with one attached hydrogen (secondary N) is 2. The zero-order chi connectivity index (χ0) is 13.2. The molecule has 0 radical (unpaired) electrons. The van der Waals surface area contributed by atoms with Gasteiger partial charge in [-0.05, 0) is 30.2 Å². The molecule has 2 heterocycles. The number of para-hydroxylation sites is 1. The van der Waals surface area contributed by atoms with E-state index in [0.717, 1.165) is 23.4 Å². The first-order chi connectivity index (χ1) is 9.24. The van der Waals surface area contributed by atoms with Gasteiger partial charge in [0.1, 0.15) is 6.04 Å². The summed E-state index contributed by atoms with van der Waals surface area (Å²) in [5, 5.41) is 6.16. The fourth-order valence-electron chi connectivity index (χ4n) is 2.27. The van der Waals surface area contributed by atoms with Crippen LogP contribution in [-0.4, -0.2) is 16.9 Å². The van der Waals surface area contributed by atoms with Crippen molar-refractivity contribution in [3.8, 4) is 0 Å². The minimum atomic E-state index is -0.211. The quantitative estimate of drug-likeness (QED) is 0.864. The summed E-state index contributed by atoms with van der Waals surface area (Å²) in [7, 11) is 0. The molecule has 0 saturated carbocycles. The average molecular weight is 253 g/mol. The minimum Gasteiger partial charge on any atom is -0.373 e. The monoisotopic (exact) mass is 253 g/mol. The molecule has 3 rings (SSSR count). The van der Waals surface area contributed by atoms with Crippen LogP contribution in [0.25, 0.3) is 0 Å². The van der Waals surface area contributed by atoms with Gasteiger partial charge in [0.25, 0.3) is 0 Å². The highest BCUT2D eigenvalue weighted by Gasteiger charge is 2.26. The summed E-state index contributed by atoms with van der Waals surface area (Å²) in [6, 6.07) is 9.68. The summed E-state index contributed by atoms with van der Waals surface area (Å²) in [6.45, 7) is 1.95. The number of hydrogen-bond donors (Lipinski definition) is 2. The topological polar surface area (TPSA) is 54.0 Å². The summed E-state index contributed by atoms with van der Waals surface area (Å²) in [5.41, 5.74) is 4.01. The lowest BCUT2D eigenvalue weighted by atomic mass is 10.1. The summed E-state index contributed by atoms with van der Waals surface area (Å²) < 4.78 is 0. The van der Waals surface area contributed by atoms with Crippen LogP contribution in [0.2, 0.25) is 0 Å². The molecule has 1 aliphatic rings. The van der Waals surface area contributed by atoms with Gasteiger partial charge in [-0.2, -0.15) is 0 Å². The van der Waals surface area contributed by atoms with Gasteiger partial charge in [0.15, 0.2) is 0 Å². The number of amides is 1. The van der Waals surface area contributed by atoms with Crippen LogP contribution in [0.3, 0.4) is 0 Å². The molecular weight excluding hydrogens is 238 g/mol. The highest BCUT2D eigenvalue weighted by Crippen LogP contribution is 2.25. The van der Waals surface area contributed by atoms with Crippen molar-refractivity contribution >= 4 is 17.3 Å². The molecule has 4 nitrogen and oxygen atoms in total. The molecule has 0 spiro atoms. The number of carbonyl (C=O) groups is 1. The van der Waals surface area contributed by atoms with Crippen molar-refractivity contribution in [1.82, 2.24) is 4.98 Å². The van der Waals surface area contributed by atoms with E-state index in [1.165, 1.54) is 5.56 Å². The Hall–Kier alpha value is -2.36. The molecule has 1 aromatic heterocycles. The number of carbonyl (C=O) groups excluding carboxylic acids is 1. The first-order valence-electron chi connectivity index (χ1n) is 6.30. The molecule has 2 aromatic rings. The van der Waals surface area contributed by atoms with Crippen molar-refractivity contribution in [2.45, 2.75) is 19.4 Å². The van der Waals surface area contributed by atoms with Gasteiger partial charge in [-0.15, -0.1) is 0 Å². The second kappa shape index (κ2) is 4.72. The molecule has 4 heteroatoms. The summed E-state index contributed by atoms with van der Waals surface area (Å²) in [4.78, 5) is 16.3. The molecule has 96 valence electrons. The minimum absolute atomic E-state index is 0.0210. The van der Waals surface area contributed by atoms with Crippen LogP contribution < -0.4 is 10.6 Å². The first-order valence-corrected chi connectivity index (χ1v) is 6.30. The number of rotatable bonds is 2. The summed E-state index contributed by atoms with van der Waals surface area (Å²) in [5.74, 6) is -0.0210. The normalized spacial score (nSPS) is 16.6. The van der Waals surface area contributed by atoms with Crippen molar-refractivity contribution in [3.63, 3.8) is 0 Å². The van der Waals surface area contributed by atoms with Crippen molar-refractivity contribution in [1.29, 1.82) is 0 Å². The van der Waals surface area contributed by atoms with Crippen molar-refractivity contribution in [3.05, 3.63) is 53.9 Å². The number of anilines is 2. The molecule has 0 aliphatic carbocycles. The lowest BCUT2D eigenvalue weighted by Crippen LogP contribution is -2.33. The van der Waals surface area contributed by atoms with Crippen LogP contribution in [0, 0.1) is 6.92 Å². The van der Waals surface area contributed by atoms with Gasteiger partial charge in [-0.3, -0.25) is 9.78 Å². The standard InChI is InChI=1S/C15H15N3O/c1-10-6-7-16-9-14(10)18-15(19)13-8-11-4-2-3-5-12(11)17-13/h2-7,9,13,17H,8H2,1H3,(H,18,19). The van der Waals surface area contributed by atoms with E-state index in [4.69, 9.17) is 0 Å². The molecule has 1 unspecified atom stereocenters. The lowest BCUT2D eigenvalue weighted by molar-refractivity contribution is -0.116. The molecule has 0 bridgehead atoms. The predicted octanol–water partition coefficient (Wildman–Crippen LogP) is 2.37. The van der Waals surface area contributed by atoms with Gasteiger partial charge < -0.3 is 10.6 Å². The maximum Gasteiger partial charge on any atom is 0.247 e. The number of aryl methyl sites for hydroxylation is 1. The van der Waals surface area contributed by atoms with Gasteiger partial charge in [-0.25, -0.2) is 0 Å². The van der Waals surface area contributed by atoms with E-state index in [1.807, 2.05) is 37.3 Å². The Kier molecular flexibility index (Phi) is 2.91. The summed E-state index contributed by atoms with van der Waals surface area (Å²) in [6.07, 6.45) is 4.12. The van der Waals surface area contributed by atoms with Gasteiger partial charge >= 0.3 is 0 Å². The predicted molar refractivity (Wildman–Crippen MR) is 75.2 cm³/mol. The van der Waals surface area contributed by atoms with E-state index in [-0.39, 0.29) is 11.9 Å². The number of benzene rings is 1. The maximum absolute atomic E-state index is 12.2. The highest BCUT2D eigenvalue weighted by molar-refractivity contribution is 5.98. The smallest absolute Gasteiger partial charge is 0.247 e. The lowest BCUT2D eigenvalue weighted by Gasteiger charge is -2.13. The highest BCUT2D eigenvalue weighted by atomic mass is 16.2. The van der Waals surface area contributed by atoms with E-state index < -0.39 is 0 Å². The van der Waals surface area contributed by atoms with Crippen molar-refractivity contribution in [2.75, 3.05) is 10.6 Å². The molecule has 1 aromatic carbocycles. The van der Waals surface area contributed by atoms with Crippen molar-refractivity contribution in [2.24, 2.45) is 0 Å². The van der Waals surface area contributed by atoms with Crippen molar-refractivity contribution < 1.29 is 4.79 Å². The number of aromatic nitrogens is 1. The van der Waals surface area contributed by atoms with E-state index in [1.54, 1.807) is 12.4 Å². The molecular formula is C15H15N3O. The van der Waals surface area contributed by atoms with E-state index in [2.05, 4.69) is 15.6 Å². The number of nitrogens with zero attached hydrogens (tertiary/aromatic N) is 1. The van der Waals surface area contributed by atoms with Crippen LogP contribution in [0.15, 0.2) is 42.7 Å². The Morgan fingerprint density at radius 3 is 3.00 bits per heavy atom. The Balaban J connectivity index is 1.72. The third-order valence-electron chi connectivity index (χ3n) is 3.38. The Morgan fingerprint density at radius 2 is 2.21 bits per heavy atom. The summed E-state index contributed by atoms with van der Waals surface area (Å²) >= 11 is 0. The molecule has 0 fully saturated rings. The number of fused-ring (bicyclic) bond motifs is 1. The zero-order valence-corrected chi connectivity index (χ0v) is 10.7. The van der Waals surface area contributed by atoms with Crippen LogP contribution in [-0.2, 0) is 11.2 Å². The third-order valence-corrected chi connectivity index (χ3v) is 3.38. The average Bonchev–Trinajstić information content (AvgIpc) is 2.85. The molecule has 19 heavy (non-hydrogen) atoms. The van der Waals surface area contributed by atoms with Gasteiger partial charge in [0.2, 0.25) is 5.91 Å². The van der Waals surface area contributed by atoms with Crippen LogP contribution >= 0.6 is 0 Å². The molecule has 1 aliphatic heterocycles. The van der Waals surface area contributed by atoms with E-state index in [0.29, 0.717) is 0 Å². The Labute approximate surface area is 111 Å². The second-order valence-corrected chi connectivity index (χ2v) is 4.74. The van der Waals surface area contributed by atoms with E-state index >= 15 is 0 Å². The molecule has 1 atom stereocenters. The molecule has 2 N–H and O–H groups in total. The van der Waals surface area contributed by atoms with Crippen LogP contribution in [0.1, 0.15) is 11.1 Å². The van der Waals surface area contributed by atoms with Gasteiger partial charge in [0.05, 0.1) is 11.9 Å². The van der Waals surface area contributed by atoms with Crippen LogP contribution in [0.5, 0.6) is 0 Å². The largest absolute Gasteiger partial charge is 0.373 e. The maximum atomic E-state index is 12.2. The van der Waals surface area contributed by atoms with Gasteiger partial charge in [-0.1, -0.05) is 18.2 Å². The zero-order valence-electron chi connectivity index (χ0n) is 10.7. The van der Waals surface area contributed by atoms with Gasteiger partial charge in [0, 0.05) is 18.3 Å². The molecule has 0 saturated heterocycles. The second-order valence-electron chi connectivity index (χ2n) is 4.74. The van der Waals surface area contributed by atoms with Crippen LogP contribution in [0.4, 0.5) is 11.4 Å².